The molecule has 1 atom stereocenters. The van der Waals surface area contributed by atoms with E-state index in [0.29, 0.717) is 5.88 Å². The van der Waals surface area contributed by atoms with Crippen LogP contribution >= 0.6 is 0 Å². The summed E-state index contributed by atoms with van der Waals surface area (Å²) in [5.74, 6) is 0.438. The van der Waals surface area contributed by atoms with Gasteiger partial charge < -0.3 is 5.73 Å². The van der Waals surface area contributed by atoms with Gasteiger partial charge in [-0.2, -0.15) is 0 Å². The molecule has 0 saturated heterocycles. The molecule has 0 fully saturated rings. The van der Waals surface area contributed by atoms with Crippen LogP contribution in [0.2, 0.25) is 0 Å². The number of nitrogens with two attached hydrogens (primary N) is 2. The van der Waals surface area contributed by atoms with Crippen molar-refractivity contribution in [3.05, 3.63) is 60.7 Å². The maximum absolute atomic E-state index is 11.9. The van der Waals surface area contributed by atoms with Crippen molar-refractivity contribution in [3.63, 3.8) is 0 Å². The number of hydrogen-bond donors (Lipinski definition) is 2. The second-order valence-corrected chi connectivity index (χ2v) is 6.59. The summed E-state index contributed by atoms with van der Waals surface area (Å²) < 4.78 is 1.57. The van der Waals surface area contributed by atoms with Gasteiger partial charge in [-0.25, -0.2) is 9.36 Å². The molecule has 0 aliphatic heterocycles. The minimum atomic E-state index is -0.479. The van der Waals surface area contributed by atoms with Crippen molar-refractivity contribution in [3.8, 4) is 0 Å². The van der Waals surface area contributed by atoms with Crippen molar-refractivity contribution >= 4 is 27.8 Å². The summed E-state index contributed by atoms with van der Waals surface area (Å²) >= 11 is 0. The summed E-state index contributed by atoms with van der Waals surface area (Å²) in [6.07, 6.45) is 0. The summed E-state index contributed by atoms with van der Waals surface area (Å²) in [6.45, 7) is 0. The zero-order valence-electron chi connectivity index (χ0n) is 11.4. The van der Waals surface area contributed by atoms with Crippen molar-refractivity contribution in [2.75, 3.05) is 5.88 Å². The topological polar surface area (TPSA) is 74.0 Å². The molecule has 0 aliphatic carbocycles. The van der Waals surface area contributed by atoms with E-state index in [4.69, 9.17) is 11.5 Å². The standard InChI is InChI=1S/C16H15N3OS/c17-11-21(13-7-2-1-3-8-13)15-10-12-6-4-5-9-14(12)19(15)16(18)20/h1-10H,11,17H2,(H-,18,20)/p+1. The van der Waals surface area contributed by atoms with Gasteiger partial charge >= 0.3 is 6.03 Å². The predicted octanol–water partition coefficient (Wildman–Crippen LogP) is 2.52. The third-order valence-electron chi connectivity index (χ3n) is 3.34. The fraction of sp³-hybridized carbons (Fsp3) is 0.0625. The Morgan fingerprint density at radius 1 is 1.05 bits per heavy atom. The summed E-state index contributed by atoms with van der Waals surface area (Å²) in [4.78, 5) is 13.0. The van der Waals surface area contributed by atoms with Crippen LogP contribution in [0.25, 0.3) is 10.9 Å². The normalized spacial score (nSPS) is 12.4. The highest BCUT2D eigenvalue weighted by Gasteiger charge is 2.30. The summed E-state index contributed by atoms with van der Waals surface area (Å²) in [6, 6.07) is 19.2. The van der Waals surface area contributed by atoms with Crippen molar-refractivity contribution in [2.24, 2.45) is 11.5 Å². The first-order chi connectivity index (χ1) is 10.2. The molecule has 5 heteroatoms. The minimum Gasteiger partial charge on any atom is -0.351 e. The lowest BCUT2D eigenvalue weighted by Gasteiger charge is -2.07. The van der Waals surface area contributed by atoms with Crippen LogP contribution in [0.1, 0.15) is 0 Å². The number of rotatable bonds is 3. The Balaban J connectivity index is 2.23. The molecule has 0 spiro atoms. The van der Waals surface area contributed by atoms with Gasteiger partial charge in [0.2, 0.25) is 5.03 Å². The minimum absolute atomic E-state index is 0.383. The number of primary amides is 1. The van der Waals surface area contributed by atoms with Crippen molar-refractivity contribution in [1.29, 1.82) is 0 Å². The first kappa shape index (κ1) is 13.7. The number of fused-ring (bicyclic) bond motifs is 1. The third kappa shape index (κ3) is 2.41. The van der Waals surface area contributed by atoms with E-state index in [1.807, 2.05) is 60.7 Å². The molecule has 1 heterocycles. The van der Waals surface area contributed by atoms with Crippen molar-refractivity contribution in [2.45, 2.75) is 9.92 Å². The van der Waals surface area contributed by atoms with E-state index in [0.717, 1.165) is 20.8 Å². The number of carbonyl (C=O) groups excluding carboxylic acids is 1. The maximum atomic E-state index is 11.9. The smallest absolute Gasteiger partial charge is 0.327 e. The predicted molar refractivity (Wildman–Crippen MR) is 86.3 cm³/mol. The molecule has 4 N–H and O–H groups in total. The Hall–Kier alpha value is -2.24. The Bertz CT molecular complexity index is 783. The van der Waals surface area contributed by atoms with Gasteiger partial charge in [-0.05, 0) is 18.2 Å². The lowest BCUT2D eigenvalue weighted by atomic mass is 10.2. The molecule has 0 bridgehead atoms. The summed E-state index contributed by atoms with van der Waals surface area (Å²) in [5, 5.41) is 1.85. The van der Waals surface area contributed by atoms with Gasteiger partial charge in [0.1, 0.15) is 0 Å². The van der Waals surface area contributed by atoms with Gasteiger partial charge in [-0.1, -0.05) is 36.4 Å². The first-order valence-corrected chi connectivity index (χ1v) is 7.98. The number of amides is 1. The lowest BCUT2D eigenvalue weighted by Crippen LogP contribution is -2.26. The number of nitrogens with zero attached hydrogens (tertiary/aromatic N) is 1. The van der Waals surface area contributed by atoms with Gasteiger partial charge in [-0.3, -0.25) is 5.73 Å². The quantitative estimate of drug-likeness (QED) is 0.729. The van der Waals surface area contributed by atoms with Crippen LogP contribution in [0.4, 0.5) is 4.79 Å². The lowest BCUT2D eigenvalue weighted by molar-refractivity contribution is 0.249. The molecule has 1 aromatic heterocycles. The van der Waals surface area contributed by atoms with E-state index in [1.165, 1.54) is 0 Å². The van der Waals surface area contributed by atoms with E-state index in [2.05, 4.69) is 0 Å². The highest BCUT2D eigenvalue weighted by Crippen LogP contribution is 2.28. The third-order valence-corrected chi connectivity index (χ3v) is 5.32. The summed E-state index contributed by atoms with van der Waals surface area (Å²) in [7, 11) is -0.383. The molecule has 4 nitrogen and oxygen atoms in total. The molecule has 0 aliphatic rings. The van der Waals surface area contributed by atoms with Crippen LogP contribution in [0.5, 0.6) is 0 Å². The number of para-hydroxylation sites is 1. The SMILES string of the molecule is NC[S+](c1ccccc1)c1cc2ccccc2n1C(N)=O. The zero-order valence-corrected chi connectivity index (χ0v) is 12.2. The fourth-order valence-corrected chi connectivity index (χ4v) is 4.19. The van der Waals surface area contributed by atoms with Gasteiger partial charge in [0.15, 0.2) is 10.8 Å². The monoisotopic (exact) mass is 298 g/mol. The van der Waals surface area contributed by atoms with Crippen molar-refractivity contribution in [1.82, 2.24) is 4.57 Å². The molecule has 21 heavy (non-hydrogen) atoms. The van der Waals surface area contributed by atoms with E-state index < -0.39 is 6.03 Å². The number of hydrogen-bond acceptors (Lipinski definition) is 2. The molecular weight excluding hydrogens is 282 g/mol. The molecule has 0 saturated carbocycles. The number of carbonyl (C=O) groups is 1. The second kappa shape index (κ2) is 5.63. The fourth-order valence-electron chi connectivity index (χ4n) is 2.43. The Morgan fingerprint density at radius 3 is 2.38 bits per heavy atom. The molecule has 0 radical (unpaired) electrons. The number of benzene rings is 2. The van der Waals surface area contributed by atoms with Crippen LogP contribution in [-0.2, 0) is 10.9 Å². The van der Waals surface area contributed by atoms with Crippen LogP contribution in [-0.4, -0.2) is 16.5 Å². The number of aromatic nitrogens is 1. The van der Waals surface area contributed by atoms with Crippen molar-refractivity contribution < 1.29 is 4.79 Å². The Labute approximate surface area is 125 Å². The van der Waals surface area contributed by atoms with Crippen LogP contribution in [0, 0.1) is 0 Å². The second-order valence-electron chi connectivity index (χ2n) is 4.59. The molecule has 106 valence electrons. The zero-order chi connectivity index (χ0) is 14.8. The molecule has 3 aromatic rings. The van der Waals surface area contributed by atoms with Crippen LogP contribution in [0.3, 0.4) is 0 Å². The van der Waals surface area contributed by atoms with Gasteiger partial charge in [-0.15, -0.1) is 0 Å². The van der Waals surface area contributed by atoms with E-state index in [-0.39, 0.29) is 10.9 Å². The van der Waals surface area contributed by atoms with Gasteiger partial charge in [0.25, 0.3) is 0 Å². The summed E-state index contributed by atoms with van der Waals surface area (Å²) in [5.41, 5.74) is 12.4. The molecule has 1 amide bonds. The first-order valence-electron chi connectivity index (χ1n) is 6.58. The average Bonchev–Trinajstić information content (AvgIpc) is 2.88. The molecule has 2 aromatic carbocycles. The largest absolute Gasteiger partial charge is 0.351 e. The Kier molecular flexibility index (Phi) is 3.68. The van der Waals surface area contributed by atoms with E-state index in [9.17, 15) is 4.79 Å². The molecular formula is C16H16N3OS+. The van der Waals surface area contributed by atoms with Gasteiger partial charge in [0, 0.05) is 11.5 Å². The van der Waals surface area contributed by atoms with E-state index in [1.54, 1.807) is 4.57 Å². The maximum Gasteiger partial charge on any atom is 0.327 e. The molecule has 3 rings (SSSR count). The van der Waals surface area contributed by atoms with Gasteiger partial charge in [0.05, 0.1) is 16.4 Å². The highest BCUT2D eigenvalue weighted by molar-refractivity contribution is 7.96. The average molecular weight is 298 g/mol. The molecule has 1 unspecified atom stereocenters. The van der Waals surface area contributed by atoms with Crippen LogP contribution in [0.15, 0.2) is 70.6 Å². The van der Waals surface area contributed by atoms with E-state index >= 15 is 0 Å². The van der Waals surface area contributed by atoms with Crippen LogP contribution < -0.4 is 11.5 Å². The highest BCUT2D eigenvalue weighted by atomic mass is 32.2. The Morgan fingerprint density at radius 2 is 1.71 bits per heavy atom.